The molecule has 0 amide bonds. The van der Waals surface area contributed by atoms with Gasteiger partial charge in [0.2, 0.25) is 0 Å². The molecule has 0 heterocycles. The zero-order valence-electron chi connectivity index (χ0n) is 10.3. The van der Waals surface area contributed by atoms with Crippen LogP contribution in [-0.2, 0) is 0 Å². The largest absolute Gasteiger partial charge is 0.491 e. The summed E-state index contributed by atoms with van der Waals surface area (Å²) in [7, 11) is 0. The van der Waals surface area contributed by atoms with Gasteiger partial charge < -0.3 is 10.5 Å². The maximum Gasteiger partial charge on any atom is 0.179 e. The third-order valence-corrected chi connectivity index (χ3v) is 2.27. The standard InChI is InChI=1S/C14H19NO2/c1-4-5-13(15)14(16)11-6-8-12(9-7-11)17-10(2)3/h4,6-10,13H,1,5,15H2,2-3H3. The van der Waals surface area contributed by atoms with Gasteiger partial charge in [0.05, 0.1) is 12.1 Å². The molecular weight excluding hydrogens is 214 g/mol. The SMILES string of the molecule is C=CCC(N)C(=O)c1ccc(OC(C)C)cc1. The highest BCUT2D eigenvalue weighted by Crippen LogP contribution is 2.15. The van der Waals surface area contributed by atoms with Crippen LogP contribution >= 0.6 is 0 Å². The minimum absolute atomic E-state index is 0.0685. The number of Topliss-reactive ketones (excluding diaryl/α,β-unsaturated/α-hetero) is 1. The molecule has 1 unspecified atom stereocenters. The predicted molar refractivity (Wildman–Crippen MR) is 69.3 cm³/mol. The van der Waals surface area contributed by atoms with Crippen molar-refractivity contribution in [2.24, 2.45) is 5.73 Å². The van der Waals surface area contributed by atoms with Crippen molar-refractivity contribution in [3.63, 3.8) is 0 Å². The van der Waals surface area contributed by atoms with Crippen molar-refractivity contribution in [2.75, 3.05) is 0 Å². The lowest BCUT2D eigenvalue weighted by Crippen LogP contribution is -2.29. The maximum atomic E-state index is 11.9. The Morgan fingerprint density at radius 2 is 2.00 bits per heavy atom. The molecule has 1 aromatic carbocycles. The lowest BCUT2D eigenvalue weighted by molar-refractivity contribution is 0.0962. The summed E-state index contributed by atoms with van der Waals surface area (Å²) in [4.78, 5) is 11.9. The van der Waals surface area contributed by atoms with Gasteiger partial charge in [-0.25, -0.2) is 0 Å². The maximum absolute atomic E-state index is 11.9. The van der Waals surface area contributed by atoms with Crippen molar-refractivity contribution in [3.05, 3.63) is 42.5 Å². The van der Waals surface area contributed by atoms with E-state index < -0.39 is 6.04 Å². The summed E-state index contributed by atoms with van der Waals surface area (Å²) in [6.45, 7) is 7.49. The molecule has 3 nitrogen and oxygen atoms in total. The van der Waals surface area contributed by atoms with Crippen LogP contribution in [0.1, 0.15) is 30.6 Å². The molecule has 0 saturated carbocycles. The molecule has 3 heteroatoms. The number of ether oxygens (including phenoxy) is 1. The Hall–Kier alpha value is -1.61. The molecule has 0 bridgehead atoms. The van der Waals surface area contributed by atoms with E-state index in [1.807, 2.05) is 13.8 Å². The second-order valence-electron chi connectivity index (χ2n) is 4.19. The predicted octanol–water partition coefficient (Wildman–Crippen LogP) is 2.56. The van der Waals surface area contributed by atoms with Gasteiger partial charge in [0, 0.05) is 5.56 Å². The molecule has 92 valence electrons. The first-order valence-electron chi connectivity index (χ1n) is 5.72. The zero-order chi connectivity index (χ0) is 12.8. The first kappa shape index (κ1) is 13.5. The molecule has 1 aromatic rings. The lowest BCUT2D eigenvalue weighted by atomic mass is 10.0. The van der Waals surface area contributed by atoms with Gasteiger partial charge in [0.25, 0.3) is 0 Å². The van der Waals surface area contributed by atoms with Gasteiger partial charge in [-0.2, -0.15) is 0 Å². The van der Waals surface area contributed by atoms with Gasteiger partial charge in [-0.1, -0.05) is 6.08 Å². The van der Waals surface area contributed by atoms with E-state index in [4.69, 9.17) is 10.5 Å². The molecule has 0 radical (unpaired) electrons. The highest BCUT2D eigenvalue weighted by atomic mass is 16.5. The highest BCUT2D eigenvalue weighted by Gasteiger charge is 2.14. The van der Waals surface area contributed by atoms with Crippen molar-refractivity contribution in [1.29, 1.82) is 0 Å². The quantitative estimate of drug-likeness (QED) is 0.607. The summed E-state index contributed by atoms with van der Waals surface area (Å²) >= 11 is 0. The molecule has 0 saturated heterocycles. The van der Waals surface area contributed by atoms with Crippen LogP contribution in [0.2, 0.25) is 0 Å². The van der Waals surface area contributed by atoms with Crippen molar-refractivity contribution in [1.82, 2.24) is 0 Å². The summed E-state index contributed by atoms with van der Waals surface area (Å²) in [5, 5.41) is 0. The number of hydrogen-bond donors (Lipinski definition) is 1. The van der Waals surface area contributed by atoms with Gasteiger partial charge in [-0.05, 0) is 44.5 Å². The molecule has 0 spiro atoms. The molecule has 0 aliphatic rings. The van der Waals surface area contributed by atoms with Crippen molar-refractivity contribution in [3.8, 4) is 5.75 Å². The summed E-state index contributed by atoms with van der Waals surface area (Å²) in [5.74, 6) is 0.690. The van der Waals surface area contributed by atoms with Crippen LogP contribution in [0, 0.1) is 0 Å². The molecule has 0 aromatic heterocycles. The minimum Gasteiger partial charge on any atom is -0.491 e. The molecule has 0 aliphatic carbocycles. The fourth-order valence-corrected chi connectivity index (χ4v) is 1.47. The fraction of sp³-hybridized carbons (Fsp3) is 0.357. The van der Waals surface area contributed by atoms with E-state index in [-0.39, 0.29) is 11.9 Å². The van der Waals surface area contributed by atoms with Crippen LogP contribution < -0.4 is 10.5 Å². The summed E-state index contributed by atoms with van der Waals surface area (Å²) in [6, 6.07) is 6.54. The lowest BCUT2D eigenvalue weighted by Gasteiger charge is -2.11. The van der Waals surface area contributed by atoms with E-state index in [1.54, 1.807) is 30.3 Å². The summed E-state index contributed by atoms with van der Waals surface area (Å²) < 4.78 is 5.50. The van der Waals surface area contributed by atoms with E-state index in [1.165, 1.54) is 0 Å². The average molecular weight is 233 g/mol. The molecular formula is C14H19NO2. The second-order valence-corrected chi connectivity index (χ2v) is 4.19. The average Bonchev–Trinajstić information content (AvgIpc) is 2.28. The Balaban J connectivity index is 2.73. The number of rotatable bonds is 6. The second kappa shape index (κ2) is 6.21. The molecule has 1 rings (SSSR count). The Bertz CT molecular complexity index is 382. The van der Waals surface area contributed by atoms with Crippen LogP contribution in [-0.4, -0.2) is 17.9 Å². The zero-order valence-corrected chi connectivity index (χ0v) is 10.3. The number of benzene rings is 1. The summed E-state index contributed by atoms with van der Waals surface area (Å²) in [5.41, 5.74) is 6.33. The van der Waals surface area contributed by atoms with Crippen LogP contribution in [0.25, 0.3) is 0 Å². The highest BCUT2D eigenvalue weighted by molar-refractivity contribution is 6.00. The smallest absolute Gasteiger partial charge is 0.179 e. The third-order valence-electron chi connectivity index (χ3n) is 2.27. The van der Waals surface area contributed by atoms with Crippen LogP contribution in [0.3, 0.4) is 0 Å². The number of carbonyl (C=O) groups excluding carboxylic acids is 1. The van der Waals surface area contributed by atoms with E-state index in [2.05, 4.69) is 6.58 Å². The Morgan fingerprint density at radius 3 is 2.47 bits per heavy atom. The van der Waals surface area contributed by atoms with Gasteiger partial charge in [-0.15, -0.1) is 6.58 Å². The molecule has 2 N–H and O–H groups in total. The minimum atomic E-state index is -0.510. The van der Waals surface area contributed by atoms with Gasteiger partial charge in [-0.3, -0.25) is 4.79 Å². The normalized spacial score (nSPS) is 12.2. The molecule has 0 aliphatic heterocycles. The van der Waals surface area contributed by atoms with Crippen LogP contribution in [0.4, 0.5) is 0 Å². The van der Waals surface area contributed by atoms with Gasteiger partial charge in [0.15, 0.2) is 5.78 Å². The number of hydrogen-bond acceptors (Lipinski definition) is 3. The van der Waals surface area contributed by atoms with Gasteiger partial charge in [0.1, 0.15) is 5.75 Å². The van der Waals surface area contributed by atoms with E-state index in [0.29, 0.717) is 12.0 Å². The van der Waals surface area contributed by atoms with Crippen molar-refractivity contribution >= 4 is 5.78 Å². The Kier molecular flexibility index (Phi) is 4.91. The van der Waals surface area contributed by atoms with Crippen molar-refractivity contribution in [2.45, 2.75) is 32.4 Å². The van der Waals surface area contributed by atoms with Crippen molar-refractivity contribution < 1.29 is 9.53 Å². The molecule has 0 fully saturated rings. The van der Waals surface area contributed by atoms with Crippen LogP contribution in [0.5, 0.6) is 5.75 Å². The Morgan fingerprint density at radius 1 is 1.41 bits per heavy atom. The third kappa shape index (κ3) is 4.04. The van der Waals surface area contributed by atoms with E-state index >= 15 is 0 Å². The first-order chi connectivity index (χ1) is 8.04. The topological polar surface area (TPSA) is 52.3 Å². The van der Waals surface area contributed by atoms with Gasteiger partial charge >= 0.3 is 0 Å². The fourth-order valence-electron chi connectivity index (χ4n) is 1.47. The first-order valence-corrected chi connectivity index (χ1v) is 5.72. The monoisotopic (exact) mass is 233 g/mol. The Labute approximate surface area is 102 Å². The number of ketones is 1. The molecule has 17 heavy (non-hydrogen) atoms. The summed E-state index contributed by atoms with van der Waals surface area (Å²) in [6.07, 6.45) is 2.27. The molecule has 1 atom stereocenters. The van der Waals surface area contributed by atoms with Crippen LogP contribution in [0.15, 0.2) is 36.9 Å². The van der Waals surface area contributed by atoms with E-state index in [9.17, 15) is 4.79 Å². The van der Waals surface area contributed by atoms with E-state index in [0.717, 1.165) is 5.75 Å². The number of nitrogens with two attached hydrogens (primary N) is 1. The number of carbonyl (C=O) groups is 1.